The maximum atomic E-state index is 11.9. The molecule has 1 aliphatic rings. The summed E-state index contributed by atoms with van der Waals surface area (Å²) in [6.07, 6.45) is 5.65. The van der Waals surface area contributed by atoms with Gasteiger partial charge in [0.05, 0.1) is 0 Å². The van der Waals surface area contributed by atoms with E-state index in [0.29, 0.717) is 31.5 Å². The lowest BCUT2D eigenvalue weighted by molar-refractivity contribution is -0.131. The van der Waals surface area contributed by atoms with Crippen LogP contribution in [0.5, 0.6) is 0 Å². The van der Waals surface area contributed by atoms with Crippen LogP contribution in [0.1, 0.15) is 32.6 Å². The lowest BCUT2D eigenvalue weighted by atomic mass is 10.1. The molecule has 0 spiro atoms. The van der Waals surface area contributed by atoms with Gasteiger partial charge in [-0.15, -0.1) is 6.58 Å². The van der Waals surface area contributed by atoms with E-state index in [9.17, 15) is 4.79 Å². The maximum absolute atomic E-state index is 11.9. The molecule has 1 saturated carbocycles. The topological polar surface area (TPSA) is 46.3 Å². The summed E-state index contributed by atoms with van der Waals surface area (Å²) in [4.78, 5) is 13.8. The van der Waals surface area contributed by atoms with Crippen LogP contribution in [0.25, 0.3) is 0 Å². The molecule has 1 aliphatic carbocycles. The molecule has 86 valence electrons. The lowest BCUT2D eigenvalue weighted by Gasteiger charge is -2.21. The van der Waals surface area contributed by atoms with Crippen LogP contribution in [0.3, 0.4) is 0 Å². The number of hydrogen-bond donors (Lipinski definition) is 1. The first-order valence-electron chi connectivity index (χ1n) is 5.79. The molecule has 0 saturated heterocycles. The van der Waals surface area contributed by atoms with Crippen molar-refractivity contribution in [3.63, 3.8) is 0 Å². The molecule has 1 fully saturated rings. The van der Waals surface area contributed by atoms with Crippen LogP contribution in [0, 0.1) is 5.92 Å². The summed E-state index contributed by atoms with van der Waals surface area (Å²) in [6, 6.07) is 0.490. The van der Waals surface area contributed by atoms with Crippen molar-refractivity contribution in [1.29, 1.82) is 0 Å². The van der Waals surface area contributed by atoms with Crippen LogP contribution < -0.4 is 5.73 Å². The van der Waals surface area contributed by atoms with Crippen LogP contribution in [0.4, 0.5) is 0 Å². The summed E-state index contributed by atoms with van der Waals surface area (Å²) in [5, 5.41) is 0. The Balaban J connectivity index is 2.32. The normalized spacial score (nSPS) is 17.2. The predicted molar refractivity (Wildman–Crippen MR) is 62.4 cm³/mol. The number of rotatable bonds is 7. The number of amides is 1. The van der Waals surface area contributed by atoms with E-state index < -0.39 is 0 Å². The highest BCUT2D eigenvalue weighted by Crippen LogP contribution is 2.27. The molecule has 0 heterocycles. The molecule has 1 atom stereocenters. The number of hydrogen-bond acceptors (Lipinski definition) is 2. The van der Waals surface area contributed by atoms with E-state index in [4.69, 9.17) is 5.73 Å². The fourth-order valence-electron chi connectivity index (χ4n) is 1.61. The Bertz CT molecular complexity index is 224. The Morgan fingerprint density at radius 3 is 2.80 bits per heavy atom. The SMILES string of the molecule is C=CCN(C(=O)CCC(C)CN)C1CC1. The van der Waals surface area contributed by atoms with E-state index in [2.05, 4.69) is 13.5 Å². The van der Waals surface area contributed by atoms with E-state index in [1.165, 1.54) is 0 Å². The van der Waals surface area contributed by atoms with Gasteiger partial charge in [0, 0.05) is 19.0 Å². The lowest BCUT2D eigenvalue weighted by Crippen LogP contribution is -2.33. The molecular formula is C12H22N2O. The van der Waals surface area contributed by atoms with Gasteiger partial charge in [-0.3, -0.25) is 4.79 Å². The second-order valence-corrected chi connectivity index (χ2v) is 4.45. The standard InChI is InChI=1S/C12H22N2O/c1-3-8-14(11-5-6-11)12(15)7-4-10(2)9-13/h3,10-11H,1,4-9,13H2,2H3. The average molecular weight is 210 g/mol. The van der Waals surface area contributed by atoms with Crippen LogP contribution in [0.15, 0.2) is 12.7 Å². The van der Waals surface area contributed by atoms with E-state index in [1.807, 2.05) is 11.0 Å². The van der Waals surface area contributed by atoms with Gasteiger partial charge in [0.1, 0.15) is 0 Å². The molecule has 15 heavy (non-hydrogen) atoms. The molecule has 1 rings (SSSR count). The van der Waals surface area contributed by atoms with Crippen LogP contribution in [-0.4, -0.2) is 29.9 Å². The average Bonchev–Trinajstić information content (AvgIpc) is 3.05. The Morgan fingerprint density at radius 2 is 2.33 bits per heavy atom. The van der Waals surface area contributed by atoms with Crippen LogP contribution >= 0.6 is 0 Å². The molecule has 0 aromatic rings. The largest absolute Gasteiger partial charge is 0.336 e. The monoisotopic (exact) mass is 210 g/mol. The van der Waals surface area contributed by atoms with Gasteiger partial charge in [0.2, 0.25) is 5.91 Å². The zero-order valence-electron chi connectivity index (χ0n) is 9.61. The highest BCUT2D eigenvalue weighted by Gasteiger charge is 2.31. The third-order valence-electron chi connectivity index (χ3n) is 2.89. The third kappa shape index (κ3) is 4.04. The van der Waals surface area contributed by atoms with Crippen LogP contribution in [0.2, 0.25) is 0 Å². The number of nitrogens with zero attached hydrogens (tertiary/aromatic N) is 1. The molecule has 0 aliphatic heterocycles. The first kappa shape index (κ1) is 12.2. The van der Waals surface area contributed by atoms with Gasteiger partial charge in [-0.25, -0.2) is 0 Å². The summed E-state index contributed by atoms with van der Waals surface area (Å²) in [6.45, 7) is 7.14. The van der Waals surface area contributed by atoms with E-state index in [-0.39, 0.29) is 5.91 Å². The molecule has 1 unspecified atom stereocenters. The minimum absolute atomic E-state index is 0.262. The molecule has 0 aromatic carbocycles. The molecular weight excluding hydrogens is 188 g/mol. The molecule has 2 N–H and O–H groups in total. The number of carbonyl (C=O) groups excluding carboxylic acids is 1. The van der Waals surface area contributed by atoms with Gasteiger partial charge in [0.25, 0.3) is 0 Å². The summed E-state index contributed by atoms with van der Waals surface area (Å²) in [5.74, 6) is 0.705. The summed E-state index contributed by atoms with van der Waals surface area (Å²) in [7, 11) is 0. The van der Waals surface area contributed by atoms with Gasteiger partial charge in [-0.2, -0.15) is 0 Å². The van der Waals surface area contributed by atoms with Crippen molar-refractivity contribution < 1.29 is 4.79 Å². The molecule has 3 heteroatoms. The van der Waals surface area contributed by atoms with Crippen molar-refractivity contribution in [3.8, 4) is 0 Å². The minimum Gasteiger partial charge on any atom is -0.336 e. The Labute approximate surface area is 92.3 Å². The second kappa shape index (κ2) is 5.91. The van der Waals surface area contributed by atoms with Crippen molar-refractivity contribution in [1.82, 2.24) is 4.90 Å². The summed E-state index contributed by atoms with van der Waals surface area (Å²) >= 11 is 0. The molecule has 0 aromatic heterocycles. The zero-order valence-corrected chi connectivity index (χ0v) is 9.61. The van der Waals surface area contributed by atoms with Gasteiger partial charge in [0.15, 0.2) is 0 Å². The second-order valence-electron chi connectivity index (χ2n) is 4.45. The fourth-order valence-corrected chi connectivity index (χ4v) is 1.61. The van der Waals surface area contributed by atoms with E-state index in [1.54, 1.807) is 0 Å². The molecule has 1 amide bonds. The van der Waals surface area contributed by atoms with Crippen LogP contribution in [-0.2, 0) is 4.79 Å². The van der Waals surface area contributed by atoms with E-state index >= 15 is 0 Å². The van der Waals surface area contributed by atoms with Crippen molar-refractivity contribution in [2.45, 2.75) is 38.6 Å². The minimum atomic E-state index is 0.262. The summed E-state index contributed by atoms with van der Waals surface area (Å²) < 4.78 is 0. The highest BCUT2D eigenvalue weighted by molar-refractivity contribution is 5.77. The Morgan fingerprint density at radius 1 is 1.67 bits per heavy atom. The summed E-state index contributed by atoms with van der Waals surface area (Å²) in [5.41, 5.74) is 5.52. The molecule has 0 bridgehead atoms. The van der Waals surface area contributed by atoms with Crippen molar-refractivity contribution in [2.75, 3.05) is 13.1 Å². The zero-order chi connectivity index (χ0) is 11.3. The Hall–Kier alpha value is -0.830. The fraction of sp³-hybridized carbons (Fsp3) is 0.750. The number of nitrogens with two attached hydrogens (primary N) is 1. The first-order valence-corrected chi connectivity index (χ1v) is 5.79. The third-order valence-corrected chi connectivity index (χ3v) is 2.89. The van der Waals surface area contributed by atoms with E-state index in [0.717, 1.165) is 19.3 Å². The van der Waals surface area contributed by atoms with Gasteiger partial charge < -0.3 is 10.6 Å². The van der Waals surface area contributed by atoms with Gasteiger partial charge in [-0.05, 0) is 31.7 Å². The predicted octanol–water partition coefficient (Wildman–Crippen LogP) is 1.54. The van der Waals surface area contributed by atoms with Gasteiger partial charge >= 0.3 is 0 Å². The van der Waals surface area contributed by atoms with Crippen molar-refractivity contribution >= 4 is 5.91 Å². The van der Waals surface area contributed by atoms with Gasteiger partial charge in [-0.1, -0.05) is 13.0 Å². The van der Waals surface area contributed by atoms with Crippen molar-refractivity contribution in [3.05, 3.63) is 12.7 Å². The first-order chi connectivity index (χ1) is 7.19. The number of carbonyl (C=O) groups is 1. The highest BCUT2D eigenvalue weighted by atomic mass is 16.2. The van der Waals surface area contributed by atoms with Crippen molar-refractivity contribution in [2.24, 2.45) is 11.7 Å². The quantitative estimate of drug-likeness (QED) is 0.648. The maximum Gasteiger partial charge on any atom is 0.223 e. The molecule has 3 nitrogen and oxygen atoms in total. The Kier molecular flexibility index (Phi) is 4.82. The molecule has 0 radical (unpaired) electrons. The smallest absolute Gasteiger partial charge is 0.223 e.